The summed E-state index contributed by atoms with van der Waals surface area (Å²) in [6.07, 6.45) is 22.6. The highest BCUT2D eigenvalue weighted by molar-refractivity contribution is 8.19. The summed E-state index contributed by atoms with van der Waals surface area (Å²) in [5, 5.41) is 10.0. The normalized spacial score (nSPS) is 26.1. The third kappa shape index (κ3) is 5.99. The van der Waals surface area contributed by atoms with Crippen molar-refractivity contribution in [3.05, 3.63) is 57.2 Å². The van der Waals surface area contributed by atoms with Crippen molar-refractivity contribution in [1.29, 1.82) is 0 Å². The van der Waals surface area contributed by atoms with E-state index < -0.39 is 5.97 Å². The lowest BCUT2D eigenvalue weighted by Crippen LogP contribution is -2.36. The Labute approximate surface area is 244 Å². The van der Waals surface area contributed by atoms with Gasteiger partial charge >= 0.3 is 5.97 Å². The fraction of sp³-hybridized carbons (Fsp3) is 0.600. The molecule has 6 rings (SSSR count). The molecule has 1 atom stereocenters. The molecule has 1 unspecified atom stereocenters. The SMILES string of the molecule is Cl.Cl.O=C(O)C1=NCC2=C(S1)C1=C(C3CCCCC3)C3=CC=CC3C1=CN(CCN1CCCCCCC1)C2. The van der Waals surface area contributed by atoms with Crippen LogP contribution in [0, 0.1) is 11.8 Å². The molecule has 5 nitrogen and oxygen atoms in total. The number of carbonyl (C=O) groups is 1. The highest BCUT2D eigenvalue weighted by Gasteiger charge is 2.42. The van der Waals surface area contributed by atoms with Crippen LogP contribution in [0.25, 0.3) is 0 Å². The molecule has 208 valence electrons. The van der Waals surface area contributed by atoms with Crippen LogP contribution in [0.15, 0.2) is 62.2 Å². The Morgan fingerprint density at radius 2 is 1.68 bits per heavy atom. The van der Waals surface area contributed by atoms with Crippen molar-refractivity contribution in [2.24, 2.45) is 16.8 Å². The summed E-state index contributed by atoms with van der Waals surface area (Å²) in [6.45, 7) is 5.91. The maximum Gasteiger partial charge on any atom is 0.361 e. The summed E-state index contributed by atoms with van der Waals surface area (Å²) in [5.74, 6) is 0.00970. The molecule has 0 aromatic heterocycles. The molecule has 0 radical (unpaired) electrons. The number of carboxylic acids is 1. The van der Waals surface area contributed by atoms with Crippen molar-refractivity contribution in [2.45, 2.75) is 64.2 Å². The summed E-state index contributed by atoms with van der Waals surface area (Å²) >= 11 is 1.42. The van der Waals surface area contributed by atoms with E-state index in [1.807, 2.05) is 0 Å². The second-order valence-corrected chi connectivity index (χ2v) is 12.2. The number of thioether (sulfide) groups is 1. The molecule has 3 heterocycles. The smallest absolute Gasteiger partial charge is 0.361 e. The highest BCUT2D eigenvalue weighted by atomic mass is 35.5. The van der Waals surface area contributed by atoms with E-state index in [1.54, 1.807) is 0 Å². The Balaban J connectivity index is 0.00000168. The van der Waals surface area contributed by atoms with E-state index in [4.69, 9.17) is 0 Å². The lowest BCUT2D eigenvalue weighted by atomic mass is 9.80. The topological polar surface area (TPSA) is 56.1 Å². The first-order chi connectivity index (χ1) is 17.7. The van der Waals surface area contributed by atoms with Crippen molar-refractivity contribution in [1.82, 2.24) is 9.80 Å². The van der Waals surface area contributed by atoms with Crippen molar-refractivity contribution in [3.63, 3.8) is 0 Å². The monoisotopic (exact) mass is 577 g/mol. The quantitative estimate of drug-likeness (QED) is 0.390. The predicted octanol–water partition coefficient (Wildman–Crippen LogP) is 6.78. The fourth-order valence-electron chi connectivity index (χ4n) is 7.03. The number of aliphatic imine (C=N–C) groups is 1. The molecule has 0 amide bonds. The van der Waals surface area contributed by atoms with Gasteiger partial charge in [-0.2, -0.15) is 0 Å². The van der Waals surface area contributed by atoms with Crippen LogP contribution in [0.5, 0.6) is 0 Å². The van der Waals surface area contributed by atoms with E-state index in [2.05, 4.69) is 39.2 Å². The molecule has 2 fully saturated rings. The molecule has 0 spiro atoms. The molecule has 1 saturated carbocycles. The van der Waals surface area contributed by atoms with E-state index in [1.165, 1.54) is 122 Å². The van der Waals surface area contributed by atoms with Crippen LogP contribution in [-0.4, -0.2) is 65.2 Å². The van der Waals surface area contributed by atoms with Gasteiger partial charge in [-0.25, -0.2) is 4.79 Å². The van der Waals surface area contributed by atoms with Gasteiger partial charge in [0.15, 0.2) is 5.04 Å². The summed E-state index contributed by atoms with van der Waals surface area (Å²) in [6, 6.07) is 0. The number of hydrogen-bond donors (Lipinski definition) is 1. The molecule has 3 aliphatic heterocycles. The number of hydrogen-bond acceptors (Lipinski definition) is 5. The van der Waals surface area contributed by atoms with Gasteiger partial charge in [-0.15, -0.1) is 24.8 Å². The molecule has 1 saturated heterocycles. The number of carboxylic acid groups (broad SMARTS) is 1. The minimum atomic E-state index is -0.896. The van der Waals surface area contributed by atoms with Crippen LogP contribution in [-0.2, 0) is 4.79 Å². The summed E-state index contributed by atoms with van der Waals surface area (Å²) in [4.78, 5) is 22.8. The summed E-state index contributed by atoms with van der Waals surface area (Å²) in [7, 11) is 0. The van der Waals surface area contributed by atoms with E-state index in [0.717, 1.165) is 19.6 Å². The van der Waals surface area contributed by atoms with Crippen molar-refractivity contribution >= 4 is 47.6 Å². The van der Waals surface area contributed by atoms with Gasteiger partial charge in [-0.05, 0) is 72.6 Å². The standard InChI is InChI=1S/C30H39N3O2S.2ClH/c34-30(35)29-31-18-22-19-33(17-16-32-14-7-2-1-3-8-15-32)20-25-23-12-9-13-24(23)26(27(25)28(22)36-29)21-10-5-4-6-11-21;;/h9,12-13,20-21,23H,1-8,10-11,14-19H2,(H,34,35);2*1H. The van der Waals surface area contributed by atoms with Gasteiger partial charge in [0.25, 0.3) is 0 Å². The van der Waals surface area contributed by atoms with E-state index in [0.29, 0.717) is 18.4 Å². The third-order valence-corrected chi connectivity index (χ3v) is 10.0. The Morgan fingerprint density at radius 3 is 2.42 bits per heavy atom. The van der Waals surface area contributed by atoms with Gasteiger partial charge in [-0.3, -0.25) is 4.99 Å². The molecule has 0 aromatic rings. The summed E-state index contributed by atoms with van der Waals surface area (Å²) < 4.78 is 0. The minimum Gasteiger partial charge on any atom is -0.476 e. The lowest BCUT2D eigenvalue weighted by Gasteiger charge is -2.29. The fourth-order valence-corrected chi connectivity index (χ4v) is 8.04. The Bertz CT molecular complexity index is 1090. The average Bonchev–Trinajstić information content (AvgIpc) is 3.41. The van der Waals surface area contributed by atoms with Gasteiger partial charge in [0.2, 0.25) is 0 Å². The molecular formula is C30H41Cl2N3O2S. The Morgan fingerprint density at radius 1 is 0.974 bits per heavy atom. The maximum absolute atomic E-state index is 11.9. The number of halogens is 2. The van der Waals surface area contributed by atoms with Gasteiger partial charge in [0.05, 0.1) is 6.54 Å². The predicted molar refractivity (Wildman–Crippen MR) is 163 cm³/mol. The van der Waals surface area contributed by atoms with E-state index >= 15 is 0 Å². The molecule has 0 aromatic carbocycles. The number of allylic oxidation sites excluding steroid dienone is 7. The van der Waals surface area contributed by atoms with Crippen LogP contribution in [0.2, 0.25) is 0 Å². The second kappa shape index (κ2) is 13.3. The number of aliphatic carboxylic acids is 1. The van der Waals surface area contributed by atoms with Crippen molar-refractivity contribution < 1.29 is 9.90 Å². The molecule has 6 aliphatic rings. The first kappa shape index (κ1) is 29.5. The zero-order valence-corrected chi connectivity index (χ0v) is 24.6. The maximum atomic E-state index is 11.9. The summed E-state index contributed by atoms with van der Waals surface area (Å²) in [5.41, 5.74) is 7.06. The molecule has 0 bridgehead atoms. The van der Waals surface area contributed by atoms with Crippen LogP contribution in [0.3, 0.4) is 0 Å². The number of fused-ring (bicyclic) bond motifs is 4. The molecule has 1 N–H and O–H groups in total. The number of rotatable bonds is 5. The van der Waals surface area contributed by atoms with Crippen LogP contribution in [0.1, 0.15) is 64.2 Å². The first-order valence-electron chi connectivity index (χ1n) is 14.2. The molecule has 38 heavy (non-hydrogen) atoms. The van der Waals surface area contributed by atoms with Crippen molar-refractivity contribution in [3.8, 4) is 0 Å². The van der Waals surface area contributed by atoms with Crippen LogP contribution >= 0.6 is 36.6 Å². The van der Waals surface area contributed by atoms with Gasteiger partial charge < -0.3 is 14.9 Å². The number of nitrogens with zero attached hydrogens (tertiary/aromatic N) is 3. The minimum absolute atomic E-state index is 0. The van der Waals surface area contributed by atoms with Crippen molar-refractivity contribution in [2.75, 3.05) is 39.3 Å². The molecule has 3 aliphatic carbocycles. The Hall–Kier alpha value is -1.47. The molecular weight excluding hydrogens is 537 g/mol. The second-order valence-electron chi connectivity index (χ2n) is 11.2. The molecule has 8 heteroatoms. The Kier molecular flexibility index (Phi) is 10.3. The number of likely N-dealkylation sites (tertiary alicyclic amines) is 1. The van der Waals surface area contributed by atoms with Crippen LogP contribution in [0.4, 0.5) is 0 Å². The average molecular weight is 579 g/mol. The highest BCUT2D eigenvalue weighted by Crippen LogP contribution is 2.55. The largest absolute Gasteiger partial charge is 0.476 e. The van der Waals surface area contributed by atoms with Gasteiger partial charge in [0.1, 0.15) is 0 Å². The van der Waals surface area contributed by atoms with E-state index in [-0.39, 0.29) is 29.9 Å². The zero-order valence-electron chi connectivity index (χ0n) is 22.2. The zero-order chi connectivity index (χ0) is 24.5. The lowest BCUT2D eigenvalue weighted by molar-refractivity contribution is -0.129. The first-order valence-corrected chi connectivity index (χ1v) is 15.0. The van der Waals surface area contributed by atoms with Crippen LogP contribution < -0.4 is 0 Å². The van der Waals surface area contributed by atoms with Gasteiger partial charge in [-0.1, -0.05) is 68.5 Å². The van der Waals surface area contributed by atoms with Gasteiger partial charge in [0, 0.05) is 36.7 Å². The van der Waals surface area contributed by atoms with E-state index in [9.17, 15) is 9.90 Å². The third-order valence-electron chi connectivity index (χ3n) is 8.84.